The van der Waals surface area contributed by atoms with E-state index in [0.29, 0.717) is 72.7 Å². The Labute approximate surface area is 219 Å². The number of benzene rings is 2. The highest BCUT2D eigenvalue weighted by Gasteiger charge is 2.41. The average Bonchev–Trinajstić information content (AvgIpc) is 2.90. The van der Waals surface area contributed by atoms with E-state index in [0.717, 1.165) is 6.07 Å². The number of hydrogen-bond donors (Lipinski definition) is 1. The van der Waals surface area contributed by atoms with Gasteiger partial charge in [-0.15, -0.1) is 0 Å². The van der Waals surface area contributed by atoms with Gasteiger partial charge in [-0.3, -0.25) is 9.78 Å². The molecule has 1 aliphatic heterocycles. The zero-order valence-corrected chi connectivity index (χ0v) is 21.6. The van der Waals surface area contributed by atoms with Crippen molar-refractivity contribution in [2.45, 2.75) is 51.6 Å². The number of hydrogen-bond acceptors (Lipinski definition) is 4. The number of piperidine rings is 1. The lowest BCUT2D eigenvalue weighted by molar-refractivity contribution is -0.153. The lowest BCUT2D eigenvalue weighted by atomic mass is 9.74. The Balaban J connectivity index is 1.37. The van der Waals surface area contributed by atoms with Crippen LogP contribution >= 0.6 is 0 Å². The molecule has 1 aromatic heterocycles. The molecule has 0 saturated carbocycles. The van der Waals surface area contributed by atoms with Crippen molar-refractivity contribution in [2.24, 2.45) is 5.41 Å². The minimum atomic E-state index is -1.36. The lowest BCUT2D eigenvalue weighted by Gasteiger charge is -2.39. The number of carboxylic acids is 1. The number of carboxylic acid groups (broad SMARTS) is 1. The van der Waals surface area contributed by atoms with Gasteiger partial charge in [-0.1, -0.05) is 0 Å². The van der Waals surface area contributed by atoms with E-state index in [4.69, 9.17) is 4.74 Å². The summed E-state index contributed by atoms with van der Waals surface area (Å²) in [6.45, 7) is 3.34. The number of pyridine rings is 1. The third-order valence-electron chi connectivity index (χ3n) is 7.76. The molecule has 1 N–H and O–H groups in total. The summed E-state index contributed by atoms with van der Waals surface area (Å²) in [6.07, 6.45) is 1.91. The molecule has 1 saturated heterocycles. The molecule has 4 rings (SSSR count). The van der Waals surface area contributed by atoms with Crippen molar-refractivity contribution >= 4 is 16.9 Å². The molecule has 0 bridgehead atoms. The highest BCUT2D eigenvalue weighted by atomic mass is 19.2. The summed E-state index contributed by atoms with van der Waals surface area (Å²) < 4.78 is 61.7. The largest absolute Gasteiger partial charge is 0.497 e. The van der Waals surface area contributed by atoms with E-state index in [9.17, 15) is 23.1 Å². The molecule has 204 valence electrons. The normalized spacial score (nSPS) is 16.5. The van der Waals surface area contributed by atoms with Crippen LogP contribution in [0.3, 0.4) is 0 Å². The minimum absolute atomic E-state index is 0.00932. The predicted octanol–water partition coefficient (Wildman–Crippen LogP) is 6.56. The molecule has 1 aliphatic rings. The number of aliphatic carboxylic acids is 1. The van der Waals surface area contributed by atoms with E-state index in [1.54, 1.807) is 38.4 Å². The fraction of sp³-hybridized carbons (Fsp3) is 0.448. The first-order chi connectivity index (χ1) is 18.1. The van der Waals surface area contributed by atoms with Gasteiger partial charge in [-0.05, 0) is 106 Å². The number of halogens is 4. The van der Waals surface area contributed by atoms with Crippen LogP contribution in [-0.2, 0) is 11.2 Å². The van der Waals surface area contributed by atoms with Crippen molar-refractivity contribution in [1.29, 1.82) is 0 Å². The third-order valence-corrected chi connectivity index (χ3v) is 7.76. The van der Waals surface area contributed by atoms with Gasteiger partial charge in [0.2, 0.25) is 0 Å². The Morgan fingerprint density at radius 2 is 1.92 bits per heavy atom. The quantitative estimate of drug-likeness (QED) is 0.237. The van der Waals surface area contributed by atoms with Gasteiger partial charge in [0.25, 0.3) is 0 Å². The molecule has 3 aromatic rings. The van der Waals surface area contributed by atoms with Gasteiger partial charge in [0, 0.05) is 17.6 Å². The number of alkyl halides is 1. The van der Waals surface area contributed by atoms with Crippen molar-refractivity contribution in [3.63, 3.8) is 0 Å². The van der Waals surface area contributed by atoms with Crippen LogP contribution in [0.25, 0.3) is 10.9 Å². The van der Waals surface area contributed by atoms with Gasteiger partial charge in [0.15, 0.2) is 11.6 Å². The number of carbonyl (C=O) groups is 1. The Bertz CT molecular complexity index is 1310. The second-order valence-electron chi connectivity index (χ2n) is 10.1. The second-order valence-corrected chi connectivity index (χ2v) is 10.1. The first-order valence-electron chi connectivity index (χ1n) is 12.8. The molecule has 1 fully saturated rings. The van der Waals surface area contributed by atoms with Gasteiger partial charge >= 0.3 is 5.97 Å². The summed E-state index contributed by atoms with van der Waals surface area (Å²) >= 11 is 0. The Kier molecular flexibility index (Phi) is 8.55. The molecule has 2 heterocycles. The number of rotatable bonds is 10. The Morgan fingerprint density at radius 3 is 2.61 bits per heavy atom. The zero-order chi connectivity index (χ0) is 27.4. The van der Waals surface area contributed by atoms with Crippen LogP contribution in [-0.4, -0.2) is 47.7 Å². The minimum Gasteiger partial charge on any atom is -0.497 e. The molecular formula is C29H32F4N2O3. The molecule has 0 radical (unpaired) electrons. The van der Waals surface area contributed by atoms with Crippen LogP contribution in [0.15, 0.2) is 36.5 Å². The van der Waals surface area contributed by atoms with Crippen LogP contribution < -0.4 is 4.74 Å². The summed E-state index contributed by atoms with van der Waals surface area (Å²) in [7, 11) is 1.54. The van der Waals surface area contributed by atoms with Crippen LogP contribution in [0, 0.1) is 29.8 Å². The third kappa shape index (κ3) is 5.93. The number of likely N-dealkylation sites (tertiary alicyclic amines) is 1. The molecule has 2 aromatic carbocycles. The van der Waals surface area contributed by atoms with Crippen molar-refractivity contribution in [1.82, 2.24) is 9.88 Å². The topological polar surface area (TPSA) is 62.7 Å². The van der Waals surface area contributed by atoms with E-state index < -0.39 is 35.0 Å². The molecule has 0 spiro atoms. The number of nitrogens with zero attached hydrogens (tertiary/aromatic N) is 2. The van der Waals surface area contributed by atoms with E-state index in [2.05, 4.69) is 9.88 Å². The van der Waals surface area contributed by atoms with E-state index in [1.807, 2.05) is 0 Å². The average molecular weight is 533 g/mol. The maximum Gasteiger partial charge on any atom is 0.309 e. The van der Waals surface area contributed by atoms with Crippen LogP contribution in [0.2, 0.25) is 0 Å². The van der Waals surface area contributed by atoms with Crippen LogP contribution in [0.1, 0.15) is 55.0 Å². The van der Waals surface area contributed by atoms with Gasteiger partial charge in [0.05, 0.1) is 18.0 Å². The second kappa shape index (κ2) is 11.7. The lowest BCUT2D eigenvalue weighted by Crippen LogP contribution is -2.44. The van der Waals surface area contributed by atoms with E-state index in [1.165, 1.54) is 0 Å². The fourth-order valence-electron chi connectivity index (χ4n) is 5.44. The Morgan fingerprint density at radius 1 is 1.18 bits per heavy atom. The fourth-order valence-corrected chi connectivity index (χ4v) is 5.44. The summed E-state index contributed by atoms with van der Waals surface area (Å²) in [5, 5.41) is 10.7. The van der Waals surface area contributed by atoms with Crippen molar-refractivity contribution in [3.05, 3.63) is 70.7 Å². The molecule has 1 atom stereocenters. The van der Waals surface area contributed by atoms with Crippen molar-refractivity contribution in [3.8, 4) is 5.75 Å². The Hall–Kier alpha value is -3.20. The summed E-state index contributed by atoms with van der Waals surface area (Å²) in [5.41, 5.74) is 0.814. The zero-order valence-electron chi connectivity index (χ0n) is 21.6. The number of fused-ring (bicyclic) bond motifs is 1. The number of ether oxygens (including phenoxy) is 1. The molecule has 0 amide bonds. The van der Waals surface area contributed by atoms with Gasteiger partial charge in [-0.25, -0.2) is 17.6 Å². The molecule has 0 aliphatic carbocycles. The van der Waals surface area contributed by atoms with Gasteiger partial charge in [0.1, 0.15) is 17.7 Å². The number of methoxy groups -OCH3 is 1. The first-order valence-corrected chi connectivity index (χ1v) is 12.8. The maximum absolute atomic E-state index is 15.7. The molecule has 0 unspecified atom stereocenters. The maximum atomic E-state index is 15.7. The summed E-state index contributed by atoms with van der Waals surface area (Å²) in [5.74, 6) is -3.39. The van der Waals surface area contributed by atoms with Crippen LogP contribution in [0.5, 0.6) is 5.75 Å². The summed E-state index contributed by atoms with van der Waals surface area (Å²) in [6, 6.07) is 6.82. The van der Waals surface area contributed by atoms with Gasteiger partial charge in [-0.2, -0.15) is 0 Å². The number of aromatic nitrogens is 1. The molecule has 5 nitrogen and oxygen atoms in total. The van der Waals surface area contributed by atoms with Crippen LogP contribution in [0.4, 0.5) is 17.6 Å². The molecular weight excluding hydrogens is 500 g/mol. The number of aryl methyl sites for hydroxylation is 2. The predicted molar refractivity (Wildman–Crippen MR) is 136 cm³/mol. The monoisotopic (exact) mass is 532 g/mol. The van der Waals surface area contributed by atoms with Crippen molar-refractivity contribution < 1.29 is 32.2 Å². The summed E-state index contributed by atoms with van der Waals surface area (Å²) in [4.78, 5) is 18.8. The van der Waals surface area contributed by atoms with E-state index >= 15 is 4.39 Å². The SMILES string of the molecule is COc1ccc2ncc(C)c([C@@H](F)CCC3(C(=O)O)CCN(CCCc4cc(F)cc(F)c4F)CC3)c2c1. The highest BCUT2D eigenvalue weighted by molar-refractivity contribution is 5.85. The molecule has 9 heteroatoms. The van der Waals surface area contributed by atoms with E-state index in [-0.39, 0.29) is 24.8 Å². The smallest absolute Gasteiger partial charge is 0.309 e. The van der Waals surface area contributed by atoms with Crippen molar-refractivity contribution in [2.75, 3.05) is 26.7 Å². The highest BCUT2D eigenvalue weighted by Crippen LogP contribution is 2.41. The first kappa shape index (κ1) is 27.8. The molecule has 38 heavy (non-hydrogen) atoms. The standard InChI is InChI=1S/C29H32F4N2O3/c1-18-17-34-25-6-5-21(38-2)16-22(25)26(18)23(31)7-8-29(28(36)37)9-12-35(13-10-29)11-3-4-19-14-20(30)15-24(32)27(19)33/h5-6,14-17,23H,3-4,7-13H2,1-2H3,(H,36,37)/t23-/m0/s1. The van der Waals surface area contributed by atoms with Gasteiger partial charge < -0.3 is 14.7 Å².